The lowest BCUT2D eigenvalue weighted by molar-refractivity contribution is -0.145. The molecule has 3 heteroatoms. The smallest absolute Gasteiger partial charge is 0.333 e. The molecule has 0 radical (unpaired) electrons. The first-order valence-electron chi connectivity index (χ1n) is 8.23. The number of carbonyl (C=O) groups is 1. The molecular formula is C18H25NO2. The van der Waals surface area contributed by atoms with Crippen molar-refractivity contribution in [2.75, 3.05) is 6.61 Å². The van der Waals surface area contributed by atoms with Gasteiger partial charge < -0.3 is 4.74 Å². The molecule has 0 aromatic rings. The zero-order chi connectivity index (χ0) is 15.0. The highest BCUT2D eigenvalue weighted by atomic mass is 16.5. The summed E-state index contributed by atoms with van der Waals surface area (Å²) in [6.07, 6.45) is 8.16. The summed E-state index contributed by atoms with van der Waals surface area (Å²) in [5, 5.41) is 9.20. The highest BCUT2D eigenvalue weighted by Gasteiger charge is 2.56. The first kappa shape index (κ1) is 14.6. The van der Waals surface area contributed by atoms with Crippen LogP contribution in [-0.4, -0.2) is 12.6 Å². The zero-order valence-corrected chi connectivity index (χ0v) is 12.9. The van der Waals surface area contributed by atoms with Gasteiger partial charge >= 0.3 is 5.97 Å². The molecule has 114 valence electrons. The lowest BCUT2D eigenvalue weighted by atomic mass is 9.44. The summed E-state index contributed by atoms with van der Waals surface area (Å²) in [6.45, 7) is 5.80. The van der Waals surface area contributed by atoms with E-state index in [1.54, 1.807) is 6.92 Å². The minimum atomic E-state index is -0.281. The van der Waals surface area contributed by atoms with E-state index in [9.17, 15) is 10.1 Å². The van der Waals surface area contributed by atoms with Gasteiger partial charge in [0.25, 0.3) is 0 Å². The largest absolute Gasteiger partial charge is 0.462 e. The number of esters is 1. The van der Waals surface area contributed by atoms with Crippen LogP contribution in [-0.2, 0) is 9.53 Å². The highest BCUT2D eigenvalue weighted by Crippen LogP contribution is 2.64. The van der Waals surface area contributed by atoms with Crippen LogP contribution in [0, 0.1) is 40.4 Å². The minimum absolute atomic E-state index is 0.264. The van der Waals surface area contributed by atoms with E-state index in [1.165, 1.54) is 32.1 Å². The molecule has 21 heavy (non-hydrogen) atoms. The molecule has 4 aliphatic carbocycles. The molecule has 4 aliphatic rings. The van der Waals surface area contributed by atoms with Crippen molar-refractivity contribution in [3.63, 3.8) is 0 Å². The molecule has 0 heterocycles. The topological polar surface area (TPSA) is 50.1 Å². The molecular weight excluding hydrogens is 262 g/mol. The summed E-state index contributed by atoms with van der Waals surface area (Å²) in [6, 6.07) is 2.42. The van der Waals surface area contributed by atoms with E-state index in [0.29, 0.717) is 24.5 Å². The molecule has 0 aromatic carbocycles. The summed E-state index contributed by atoms with van der Waals surface area (Å²) < 4.78 is 5.35. The van der Waals surface area contributed by atoms with Crippen LogP contribution in [0.2, 0.25) is 0 Å². The Morgan fingerprint density at radius 2 is 2.00 bits per heavy atom. The van der Waals surface area contributed by atoms with Gasteiger partial charge in [0, 0.05) is 12.0 Å². The Labute approximate surface area is 127 Å². The number of hydrogen-bond acceptors (Lipinski definition) is 3. The van der Waals surface area contributed by atoms with Gasteiger partial charge in [-0.25, -0.2) is 4.79 Å². The maximum atomic E-state index is 11.6. The third-order valence-electron chi connectivity index (χ3n) is 6.18. The Morgan fingerprint density at radius 1 is 1.33 bits per heavy atom. The summed E-state index contributed by atoms with van der Waals surface area (Å²) >= 11 is 0. The van der Waals surface area contributed by atoms with Crippen molar-refractivity contribution < 1.29 is 9.53 Å². The van der Waals surface area contributed by atoms with E-state index in [4.69, 9.17) is 4.74 Å². The van der Waals surface area contributed by atoms with Crippen LogP contribution in [0.15, 0.2) is 12.2 Å². The summed E-state index contributed by atoms with van der Waals surface area (Å²) in [5.74, 6) is 2.70. The molecule has 4 fully saturated rings. The number of hydrogen-bond donors (Lipinski definition) is 0. The first-order valence-corrected chi connectivity index (χ1v) is 8.23. The van der Waals surface area contributed by atoms with Gasteiger partial charge in [-0.05, 0) is 74.5 Å². The fourth-order valence-corrected chi connectivity index (χ4v) is 5.66. The standard InChI is InChI=1S/C18H25NO2/c1-12(2)17(20)21-6-4-18-10-13-7-14(11-18)9-15(8-13)16(18)3-5-19/h13-16H,1,3-4,6-11H2,2H3. The summed E-state index contributed by atoms with van der Waals surface area (Å²) in [5.41, 5.74) is 0.730. The van der Waals surface area contributed by atoms with Crippen molar-refractivity contribution >= 4 is 5.97 Å². The molecule has 0 aliphatic heterocycles. The maximum Gasteiger partial charge on any atom is 0.333 e. The number of rotatable bonds is 5. The average Bonchev–Trinajstić information content (AvgIpc) is 2.42. The molecule has 0 spiro atoms. The predicted octanol–water partition coefficient (Wildman–Crippen LogP) is 3.85. The van der Waals surface area contributed by atoms with Crippen molar-refractivity contribution in [1.29, 1.82) is 5.26 Å². The normalized spacial score (nSPS) is 39.8. The van der Waals surface area contributed by atoms with E-state index in [-0.39, 0.29) is 11.4 Å². The average molecular weight is 287 g/mol. The highest BCUT2D eigenvalue weighted by molar-refractivity contribution is 5.86. The molecule has 0 aromatic heterocycles. The van der Waals surface area contributed by atoms with Crippen molar-refractivity contribution in [2.24, 2.45) is 29.1 Å². The second kappa shape index (κ2) is 5.48. The third kappa shape index (κ3) is 2.61. The van der Waals surface area contributed by atoms with Crippen LogP contribution in [0.3, 0.4) is 0 Å². The maximum absolute atomic E-state index is 11.6. The van der Waals surface area contributed by atoms with Crippen LogP contribution in [0.4, 0.5) is 0 Å². The second-order valence-corrected chi connectivity index (χ2v) is 7.60. The van der Waals surface area contributed by atoms with Crippen LogP contribution < -0.4 is 0 Å². The Bertz CT molecular complexity index is 476. The number of ether oxygens (including phenoxy) is 1. The third-order valence-corrected chi connectivity index (χ3v) is 6.18. The molecule has 4 bridgehead atoms. The molecule has 0 N–H and O–H groups in total. The summed E-state index contributed by atoms with van der Waals surface area (Å²) in [4.78, 5) is 11.6. The van der Waals surface area contributed by atoms with Gasteiger partial charge in [-0.3, -0.25) is 0 Å². The lowest BCUT2D eigenvalue weighted by Crippen LogP contribution is -2.53. The molecule has 4 saturated carbocycles. The van der Waals surface area contributed by atoms with Gasteiger partial charge in [-0.1, -0.05) is 6.58 Å². The fourth-order valence-electron chi connectivity index (χ4n) is 5.66. The van der Waals surface area contributed by atoms with Crippen LogP contribution in [0.25, 0.3) is 0 Å². The van der Waals surface area contributed by atoms with Gasteiger partial charge in [0.1, 0.15) is 0 Å². The fraction of sp³-hybridized carbons (Fsp3) is 0.778. The number of carbonyl (C=O) groups excluding carboxylic acids is 1. The SMILES string of the molecule is C=C(C)C(=O)OCCC12CC3CC(CC(C3)C1CC#N)C2. The molecule has 0 saturated heterocycles. The van der Waals surface area contributed by atoms with Crippen LogP contribution >= 0.6 is 0 Å². The molecule has 4 rings (SSSR count). The van der Waals surface area contributed by atoms with Crippen molar-refractivity contribution in [1.82, 2.24) is 0 Å². The van der Waals surface area contributed by atoms with Crippen LogP contribution in [0.5, 0.6) is 0 Å². The van der Waals surface area contributed by atoms with E-state index < -0.39 is 0 Å². The second-order valence-electron chi connectivity index (χ2n) is 7.60. The van der Waals surface area contributed by atoms with Gasteiger partial charge in [0.2, 0.25) is 0 Å². The van der Waals surface area contributed by atoms with E-state index in [2.05, 4.69) is 12.6 Å². The number of nitriles is 1. The Hall–Kier alpha value is -1.30. The summed E-state index contributed by atoms with van der Waals surface area (Å²) in [7, 11) is 0. The molecule has 3 unspecified atom stereocenters. The molecule has 3 atom stereocenters. The minimum Gasteiger partial charge on any atom is -0.462 e. The van der Waals surface area contributed by atoms with Gasteiger partial charge in [0.05, 0.1) is 12.7 Å². The predicted molar refractivity (Wildman–Crippen MR) is 80.1 cm³/mol. The van der Waals surface area contributed by atoms with Crippen molar-refractivity contribution in [3.05, 3.63) is 12.2 Å². The van der Waals surface area contributed by atoms with Crippen molar-refractivity contribution in [3.8, 4) is 6.07 Å². The van der Waals surface area contributed by atoms with E-state index >= 15 is 0 Å². The van der Waals surface area contributed by atoms with Crippen LogP contribution in [0.1, 0.15) is 51.9 Å². The quantitative estimate of drug-likeness (QED) is 0.570. The van der Waals surface area contributed by atoms with Gasteiger partial charge in [-0.15, -0.1) is 0 Å². The Balaban J connectivity index is 1.69. The Kier molecular flexibility index (Phi) is 3.82. The van der Waals surface area contributed by atoms with E-state index in [0.717, 1.165) is 24.2 Å². The lowest BCUT2D eigenvalue weighted by Gasteiger charge is -2.61. The van der Waals surface area contributed by atoms with Gasteiger partial charge in [0.15, 0.2) is 0 Å². The zero-order valence-electron chi connectivity index (χ0n) is 12.9. The van der Waals surface area contributed by atoms with Gasteiger partial charge in [-0.2, -0.15) is 5.26 Å². The van der Waals surface area contributed by atoms with E-state index in [1.807, 2.05) is 0 Å². The molecule has 0 amide bonds. The monoisotopic (exact) mass is 287 g/mol. The number of nitrogens with zero attached hydrogens (tertiary/aromatic N) is 1. The first-order chi connectivity index (χ1) is 10.0. The van der Waals surface area contributed by atoms with Crippen molar-refractivity contribution in [2.45, 2.75) is 51.9 Å². The molecule has 3 nitrogen and oxygen atoms in total. The Morgan fingerprint density at radius 3 is 2.57 bits per heavy atom.